The van der Waals surface area contributed by atoms with E-state index in [2.05, 4.69) is 41.8 Å². The molecule has 0 aliphatic heterocycles. The van der Waals surface area contributed by atoms with E-state index >= 15 is 0 Å². The van der Waals surface area contributed by atoms with Crippen LogP contribution < -0.4 is 0 Å². The molecule has 0 aromatic carbocycles. The quantitative estimate of drug-likeness (QED) is 0.924. The third kappa shape index (κ3) is 2.58. The van der Waals surface area contributed by atoms with Crippen molar-refractivity contribution in [2.24, 2.45) is 11.8 Å². The second kappa shape index (κ2) is 5.11. The summed E-state index contributed by atoms with van der Waals surface area (Å²) >= 11 is 3.50. The molecule has 0 bridgehead atoms. The fourth-order valence-electron chi connectivity index (χ4n) is 2.80. The van der Waals surface area contributed by atoms with Crippen LogP contribution in [0.4, 0.5) is 0 Å². The van der Waals surface area contributed by atoms with Crippen LogP contribution in [0.5, 0.6) is 0 Å². The van der Waals surface area contributed by atoms with Gasteiger partial charge in [0.1, 0.15) is 0 Å². The van der Waals surface area contributed by atoms with Crippen molar-refractivity contribution in [3.8, 4) is 0 Å². The van der Waals surface area contributed by atoms with E-state index in [-0.39, 0.29) is 12.1 Å². The van der Waals surface area contributed by atoms with Crippen molar-refractivity contribution < 1.29 is 5.11 Å². The predicted octanol–water partition coefficient (Wildman–Crippen LogP) is 3.70. The summed E-state index contributed by atoms with van der Waals surface area (Å²) in [5.74, 6) is 1.12. The van der Waals surface area contributed by atoms with Crippen LogP contribution in [0.25, 0.3) is 0 Å². The highest BCUT2D eigenvalue weighted by molar-refractivity contribution is 9.10. The second-order valence-electron chi connectivity index (χ2n) is 5.54. The smallest absolute Gasteiger partial charge is 0.0996 e. The molecule has 3 unspecified atom stereocenters. The zero-order valence-corrected chi connectivity index (χ0v) is 12.3. The minimum atomic E-state index is -0.390. The number of aromatic nitrogens is 2. The Bertz CT molecular complexity index is 389. The standard InChI is InChI=1S/C13H21BrN2O/c1-8(2)16-12(11(14)7-15-16)13(17)10-5-4-9(3)6-10/h7-10,13,17H,4-6H2,1-3H3. The van der Waals surface area contributed by atoms with Gasteiger partial charge in [-0.2, -0.15) is 5.10 Å². The number of aliphatic hydroxyl groups excluding tert-OH is 1. The Morgan fingerprint density at radius 1 is 1.47 bits per heavy atom. The van der Waals surface area contributed by atoms with Crippen molar-refractivity contribution in [2.75, 3.05) is 0 Å². The monoisotopic (exact) mass is 300 g/mol. The molecule has 2 rings (SSSR count). The van der Waals surface area contributed by atoms with Crippen molar-refractivity contribution >= 4 is 15.9 Å². The van der Waals surface area contributed by atoms with Crippen LogP contribution >= 0.6 is 15.9 Å². The maximum absolute atomic E-state index is 10.5. The van der Waals surface area contributed by atoms with Gasteiger partial charge in [0, 0.05) is 6.04 Å². The van der Waals surface area contributed by atoms with Gasteiger partial charge in [0.15, 0.2) is 0 Å². The first-order chi connectivity index (χ1) is 8.00. The summed E-state index contributed by atoms with van der Waals surface area (Å²) in [5, 5.41) is 14.9. The van der Waals surface area contributed by atoms with Crippen molar-refractivity contribution in [1.82, 2.24) is 9.78 Å². The highest BCUT2D eigenvalue weighted by Crippen LogP contribution is 2.41. The summed E-state index contributed by atoms with van der Waals surface area (Å²) < 4.78 is 2.86. The van der Waals surface area contributed by atoms with Crippen LogP contribution in [0.3, 0.4) is 0 Å². The average Bonchev–Trinajstić information content (AvgIpc) is 2.83. The Morgan fingerprint density at radius 3 is 2.71 bits per heavy atom. The van der Waals surface area contributed by atoms with Crippen molar-refractivity contribution in [1.29, 1.82) is 0 Å². The van der Waals surface area contributed by atoms with Gasteiger partial charge in [-0.25, -0.2) is 0 Å². The van der Waals surface area contributed by atoms with E-state index in [9.17, 15) is 5.11 Å². The van der Waals surface area contributed by atoms with Gasteiger partial charge < -0.3 is 5.11 Å². The van der Waals surface area contributed by atoms with Crippen LogP contribution in [-0.2, 0) is 0 Å². The van der Waals surface area contributed by atoms with Gasteiger partial charge in [-0.05, 0) is 54.5 Å². The molecule has 3 nitrogen and oxygen atoms in total. The molecule has 0 spiro atoms. The normalized spacial score (nSPS) is 26.7. The molecular formula is C13H21BrN2O. The molecule has 96 valence electrons. The van der Waals surface area contributed by atoms with Crippen LogP contribution in [0.1, 0.15) is 57.9 Å². The first-order valence-corrected chi connectivity index (χ1v) is 7.21. The Labute approximate surface area is 111 Å². The lowest BCUT2D eigenvalue weighted by molar-refractivity contribution is 0.0980. The lowest BCUT2D eigenvalue weighted by Crippen LogP contribution is -2.17. The van der Waals surface area contributed by atoms with E-state index in [1.165, 1.54) is 6.42 Å². The third-order valence-corrected chi connectivity index (χ3v) is 4.35. The van der Waals surface area contributed by atoms with E-state index in [0.717, 1.165) is 28.9 Å². The Balaban J connectivity index is 2.24. The zero-order chi connectivity index (χ0) is 12.6. The predicted molar refractivity (Wildman–Crippen MR) is 71.8 cm³/mol. The lowest BCUT2D eigenvalue weighted by atomic mass is 9.97. The summed E-state index contributed by atoms with van der Waals surface area (Å²) in [4.78, 5) is 0. The summed E-state index contributed by atoms with van der Waals surface area (Å²) in [6, 6.07) is 0.282. The van der Waals surface area contributed by atoms with Crippen molar-refractivity contribution in [3.05, 3.63) is 16.4 Å². The van der Waals surface area contributed by atoms with Gasteiger partial charge in [0.2, 0.25) is 0 Å². The zero-order valence-electron chi connectivity index (χ0n) is 10.7. The first-order valence-electron chi connectivity index (χ1n) is 6.41. The number of nitrogens with zero attached hydrogens (tertiary/aromatic N) is 2. The maximum Gasteiger partial charge on any atom is 0.0996 e. The molecule has 1 heterocycles. The van der Waals surface area contributed by atoms with E-state index in [4.69, 9.17) is 0 Å². The van der Waals surface area contributed by atoms with Crippen molar-refractivity contribution in [3.63, 3.8) is 0 Å². The SMILES string of the molecule is CC1CCC(C(O)c2c(Br)cnn2C(C)C)C1. The molecule has 1 aromatic heterocycles. The van der Waals surface area contributed by atoms with E-state index in [0.29, 0.717) is 5.92 Å². The van der Waals surface area contributed by atoms with Crippen LogP contribution in [0.15, 0.2) is 10.7 Å². The van der Waals surface area contributed by atoms with Gasteiger partial charge >= 0.3 is 0 Å². The largest absolute Gasteiger partial charge is 0.386 e. The van der Waals surface area contributed by atoms with Crippen LogP contribution in [-0.4, -0.2) is 14.9 Å². The van der Waals surface area contributed by atoms with Gasteiger partial charge in [0.05, 0.1) is 22.5 Å². The highest BCUT2D eigenvalue weighted by Gasteiger charge is 2.32. The second-order valence-corrected chi connectivity index (χ2v) is 6.39. The molecule has 1 fully saturated rings. The molecule has 1 saturated carbocycles. The summed E-state index contributed by atoms with van der Waals surface area (Å²) in [6.07, 6.45) is 4.88. The Kier molecular flexibility index (Phi) is 3.93. The van der Waals surface area contributed by atoms with E-state index in [1.807, 2.05) is 4.68 Å². The third-order valence-electron chi connectivity index (χ3n) is 3.74. The number of hydrogen-bond acceptors (Lipinski definition) is 2. The minimum absolute atomic E-state index is 0.282. The van der Waals surface area contributed by atoms with Crippen LogP contribution in [0, 0.1) is 11.8 Å². The topological polar surface area (TPSA) is 38.1 Å². The molecule has 17 heavy (non-hydrogen) atoms. The van der Waals surface area contributed by atoms with E-state index < -0.39 is 0 Å². The van der Waals surface area contributed by atoms with Gasteiger partial charge in [-0.15, -0.1) is 0 Å². The Hall–Kier alpha value is -0.350. The highest BCUT2D eigenvalue weighted by atomic mass is 79.9. The molecule has 4 heteroatoms. The summed E-state index contributed by atoms with van der Waals surface area (Å²) in [5.41, 5.74) is 0.944. The van der Waals surface area contributed by atoms with Crippen molar-refractivity contribution in [2.45, 2.75) is 52.2 Å². The van der Waals surface area contributed by atoms with Gasteiger partial charge in [-0.3, -0.25) is 4.68 Å². The van der Waals surface area contributed by atoms with Gasteiger partial charge in [0.25, 0.3) is 0 Å². The fourth-order valence-corrected chi connectivity index (χ4v) is 3.31. The molecule has 1 aliphatic rings. The molecule has 1 aliphatic carbocycles. The maximum atomic E-state index is 10.5. The van der Waals surface area contributed by atoms with Gasteiger partial charge in [-0.1, -0.05) is 13.3 Å². The molecule has 1 aromatic rings. The lowest BCUT2D eigenvalue weighted by Gasteiger charge is -2.21. The molecular weight excluding hydrogens is 280 g/mol. The number of hydrogen-bond donors (Lipinski definition) is 1. The number of halogens is 1. The number of aliphatic hydroxyl groups is 1. The molecule has 0 saturated heterocycles. The van der Waals surface area contributed by atoms with Crippen LogP contribution in [0.2, 0.25) is 0 Å². The summed E-state index contributed by atoms with van der Waals surface area (Å²) in [7, 11) is 0. The minimum Gasteiger partial charge on any atom is -0.386 e. The molecule has 1 N–H and O–H groups in total. The molecule has 0 amide bonds. The summed E-state index contributed by atoms with van der Waals surface area (Å²) in [6.45, 7) is 6.45. The van der Waals surface area contributed by atoms with E-state index in [1.54, 1.807) is 6.20 Å². The molecule has 3 atom stereocenters. The Morgan fingerprint density at radius 2 is 2.18 bits per heavy atom. The molecule has 0 radical (unpaired) electrons. The number of rotatable bonds is 3. The first kappa shape index (κ1) is 13.1. The average molecular weight is 301 g/mol. The fraction of sp³-hybridized carbons (Fsp3) is 0.769.